The van der Waals surface area contributed by atoms with Gasteiger partial charge < -0.3 is 15.5 Å². The minimum Gasteiger partial charge on any atom is -0.389 e. The van der Waals surface area contributed by atoms with Crippen molar-refractivity contribution >= 4 is 38.8 Å². The van der Waals surface area contributed by atoms with E-state index >= 15 is 0 Å². The van der Waals surface area contributed by atoms with E-state index in [2.05, 4.69) is 52.0 Å². The molecule has 1 fully saturated rings. The van der Waals surface area contributed by atoms with Crippen molar-refractivity contribution in [2.75, 3.05) is 32.1 Å². The SMILES string of the molecule is CN(C)C1CCCN(c2ccc(Br)cc2C(N)=S)C1. The van der Waals surface area contributed by atoms with E-state index in [1.165, 1.54) is 12.8 Å². The van der Waals surface area contributed by atoms with E-state index in [4.69, 9.17) is 18.0 Å². The van der Waals surface area contributed by atoms with Crippen LogP contribution in [0.2, 0.25) is 0 Å². The second kappa shape index (κ2) is 6.20. The Hall–Kier alpha value is -0.650. The Bertz CT molecular complexity index is 476. The lowest BCUT2D eigenvalue weighted by Crippen LogP contribution is -2.45. The summed E-state index contributed by atoms with van der Waals surface area (Å²) in [5.41, 5.74) is 7.97. The highest BCUT2D eigenvalue weighted by Crippen LogP contribution is 2.28. The monoisotopic (exact) mass is 341 g/mol. The van der Waals surface area contributed by atoms with Gasteiger partial charge in [-0.15, -0.1) is 0 Å². The zero-order chi connectivity index (χ0) is 14.0. The van der Waals surface area contributed by atoms with E-state index in [1.54, 1.807) is 0 Å². The molecule has 1 aliphatic rings. The van der Waals surface area contributed by atoms with Gasteiger partial charge in [-0.3, -0.25) is 0 Å². The topological polar surface area (TPSA) is 32.5 Å². The number of hydrogen-bond acceptors (Lipinski definition) is 3. The lowest BCUT2D eigenvalue weighted by atomic mass is 10.0. The molecule has 1 aromatic carbocycles. The molecule has 0 saturated carbocycles. The molecular formula is C14H20BrN3S. The molecule has 2 N–H and O–H groups in total. The summed E-state index contributed by atoms with van der Waals surface area (Å²) in [5, 5.41) is 0. The van der Waals surface area contributed by atoms with E-state index in [0.717, 1.165) is 28.8 Å². The molecule has 5 heteroatoms. The number of nitrogens with two attached hydrogens (primary N) is 1. The van der Waals surface area contributed by atoms with Gasteiger partial charge in [-0.1, -0.05) is 28.1 Å². The predicted octanol–water partition coefficient (Wildman–Crippen LogP) is 2.61. The maximum Gasteiger partial charge on any atom is 0.106 e. The molecule has 0 radical (unpaired) electrons. The van der Waals surface area contributed by atoms with E-state index in [0.29, 0.717) is 11.0 Å². The van der Waals surface area contributed by atoms with E-state index in [-0.39, 0.29) is 0 Å². The molecule has 0 amide bonds. The number of halogens is 1. The van der Waals surface area contributed by atoms with E-state index < -0.39 is 0 Å². The van der Waals surface area contributed by atoms with E-state index in [9.17, 15) is 0 Å². The first-order chi connectivity index (χ1) is 8.99. The minimum absolute atomic E-state index is 0.461. The molecule has 0 bridgehead atoms. The molecule has 1 unspecified atom stereocenters. The fourth-order valence-electron chi connectivity index (χ4n) is 2.58. The van der Waals surface area contributed by atoms with Gasteiger partial charge in [0.2, 0.25) is 0 Å². The molecule has 1 aliphatic heterocycles. The number of likely N-dealkylation sites (N-methyl/N-ethyl adjacent to an activating group) is 1. The van der Waals surface area contributed by atoms with E-state index in [1.807, 2.05) is 6.07 Å². The lowest BCUT2D eigenvalue weighted by molar-refractivity contribution is 0.258. The molecular weight excluding hydrogens is 322 g/mol. The van der Waals surface area contributed by atoms with Gasteiger partial charge in [0.05, 0.1) is 0 Å². The van der Waals surface area contributed by atoms with Crippen molar-refractivity contribution in [3.05, 3.63) is 28.2 Å². The molecule has 19 heavy (non-hydrogen) atoms. The number of anilines is 1. The fraction of sp³-hybridized carbons (Fsp3) is 0.500. The van der Waals surface area contributed by atoms with Crippen molar-refractivity contribution in [2.24, 2.45) is 5.73 Å². The molecule has 1 heterocycles. The first-order valence-corrected chi connectivity index (χ1v) is 7.70. The summed E-state index contributed by atoms with van der Waals surface area (Å²) in [6.45, 7) is 2.10. The Kier molecular flexibility index (Phi) is 4.81. The second-order valence-corrected chi connectivity index (χ2v) is 6.59. The summed E-state index contributed by atoms with van der Waals surface area (Å²) < 4.78 is 1.01. The second-order valence-electron chi connectivity index (χ2n) is 5.23. The molecule has 1 saturated heterocycles. The molecule has 0 spiro atoms. The first-order valence-electron chi connectivity index (χ1n) is 6.50. The third-order valence-corrected chi connectivity index (χ3v) is 4.40. The third kappa shape index (κ3) is 3.46. The van der Waals surface area contributed by atoms with Gasteiger partial charge in [-0.05, 0) is 45.1 Å². The standard InChI is InChI=1S/C14H20BrN3S/c1-17(2)11-4-3-7-18(9-11)13-6-5-10(15)8-12(13)14(16)19/h5-6,8,11H,3-4,7,9H2,1-2H3,(H2,16,19). The van der Waals surface area contributed by atoms with Crippen LogP contribution in [0, 0.1) is 0 Å². The third-order valence-electron chi connectivity index (χ3n) is 3.69. The Labute approximate surface area is 128 Å². The van der Waals surface area contributed by atoms with Crippen LogP contribution < -0.4 is 10.6 Å². The zero-order valence-corrected chi connectivity index (χ0v) is 13.8. The van der Waals surface area contributed by atoms with Crippen LogP contribution in [-0.2, 0) is 0 Å². The number of thiocarbonyl (C=S) groups is 1. The number of rotatable bonds is 3. The van der Waals surface area contributed by atoms with Crippen LogP contribution in [0.4, 0.5) is 5.69 Å². The summed E-state index contributed by atoms with van der Waals surface area (Å²) in [6, 6.07) is 6.76. The van der Waals surface area contributed by atoms with Gasteiger partial charge >= 0.3 is 0 Å². The average Bonchev–Trinajstić information content (AvgIpc) is 2.38. The molecule has 0 aliphatic carbocycles. The number of nitrogens with zero attached hydrogens (tertiary/aromatic N) is 2. The average molecular weight is 342 g/mol. The van der Waals surface area contributed by atoms with Gasteiger partial charge in [0.25, 0.3) is 0 Å². The van der Waals surface area contributed by atoms with Crippen LogP contribution >= 0.6 is 28.1 Å². The maximum absolute atomic E-state index is 5.86. The number of piperidine rings is 1. The summed E-state index contributed by atoms with van der Waals surface area (Å²) in [5.74, 6) is 0. The number of hydrogen-bond donors (Lipinski definition) is 1. The highest BCUT2D eigenvalue weighted by molar-refractivity contribution is 9.10. The quantitative estimate of drug-likeness (QED) is 0.856. The normalized spacial score (nSPS) is 19.8. The van der Waals surface area contributed by atoms with Crippen molar-refractivity contribution in [3.63, 3.8) is 0 Å². The van der Waals surface area contributed by atoms with Crippen LogP contribution in [0.5, 0.6) is 0 Å². The molecule has 3 nitrogen and oxygen atoms in total. The molecule has 2 rings (SSSR count). The summed E-state index contributed by atoms with van der Waals surface area (Å²) >= 11 is 8.66. The van der Waals surface area contributed by atoms with Gasteiger partial charge in [-0.25, -0.2) is 0 Å². The Balaban J connectivity index is 2.28. The molecule has 1 atom stereocenters. The lowest BCUT2D eigenvalue weighted by Gasteiger charge is -2.38. The Morgan fingerprint density at radius 1 is 1.47 bits per heavy atom. The fourth-order valence-corrected chi connectivity index (χ4v) is 3.10. The van der Waals surface area contributed by atoms with Crippen molar-refractivity contribution in [1.82, 2.24) is 4.90 Å². The molecule has 1 aromatic rings. The molecule has 104 valence electrons. The minimum atomic E-state index is 0.461. The van der Waals surface area contributed by atoms with Gasteiger partial charge in [-0.2, -0.15) is 0 Å². The van der Waals surface area contributed by atoms with Crippen LogP contribution in [0.15, 0.2) is 22.7 Å². The van der Waals surface area contributed by atoms with Gasteiger partial charge in [0.1, 0.15) is 4.99 Å². The van der Waals surface area contributed by atoms with Gasteiger partial charge in [0.15, 0.2) is 0 Å². The van der Waals surface area contributed by atoms with Gasteiger partial charge in [0, 0.05) is 34.9 Å². The van der Waals surface area contributed by atoms with Crippen molar-refractivity contribution < 1.29 is 0 Å². The maximum atomic E-state index is 5.86. The van der Waals surface area contributed by atoms with Crippen molar-refractivity contribution in [2.45, 2.75) is 18.9 Å². The Morgan fingerprint density at radius 3 is 2.84 bits per heavy atom. The largest absolute Gasteiger partial charge is 0.389 e. The Morgan fingerprint density at radius 2 is 2.21 bits per heavy atom. The highest BCUT2D eigenvalue weighted by Gasteiger charge is 2.23. The van der Waals surface area contributed by atoms with Crippen LogP contribution in [0.3, 0.4) is 0 Å². The summed E-state index contributed by atoms with van der Waals surface area (Å²) in [7, 11) is 4.29. The smallest absolute Gasteiger partial charge is 0.106 e. The predicted molar refractivity (Wildman–Crippen MR) is 89.0 cm³/mol. The van der Waals surface area contributed by atoms with Crippen molar-refractivity contribution in [1.29, 1.82) is 0 Å². The number of benzene rings is 1. The van der Waals surface area contributed by atoms with Crippen LogP contribution in [0.25, 0.3) is 0 Å². The summed E-state index contributed by atoms with van der Waals surface area (Å²) in [6.07, 6.45) is 2.46. The molecule has 0 aromatic heterocycles. The highest BCUT2D eigenvalue weighted by atomic mass is 79.9. The van der Waals surface area contributed by atoms with Crippen molar-refractivity contribution in [3.8, 4) is 0 Å². The van der Waals surface area contributed by atoms with Crippen LogP contribution in [-0.4, -0.2) is 43.1 Å². The zero-order valence-electron chi connectivity index (χ0n) is 11.4. The summed E-state index contributed by atoms with van der Waals surface area (Å²) in [4.78, 5) is 5.16. The van der Waals surface area contributed by atoms with Crippen LogP contribution in [0.1, 0.15) is 18.4 Å². The first kappa shape index (κ1) is 14.8.